The molecule has 0 bridgehead atoms. The Morgan fingerprint density at radius 1 is 1.00 bits per heavy atom. The molecule has 0 aromatic carbocycles. The summed E-state index contributed by atoms with van der Waals surface area (Å²) in [4.78, 5) is 2.88. The molecule has 3 rings (SSSR count). The molecule has 0 amide bonds. The average Bonchev–Trinajstić information content (AvgIpc) is 3.21. The third-order valence-corrected chi connectivity index (χ3v) is 5.27. The van der Waals surface area contributed by atoms with Crippen molar-refractivity contribution in [2.24, 2.45) is 5.92 Å². The Hall–Kier alpha value is -0.0800. The Balaban J connectivity index is 1.55. The first-order valence-electron chi connectivity index (χ1n) is 8.32. The van der Waals surface area contributed by atoms with Gasteiger partial charge in [-0.2, -0.15) is 0 Å². The molecular formula is C16H30N2. The van der Waals surface area contributed by atoms with Crippen molar-refractivity contribution in [3.05, 3.63) is 0 Å². The second kappa shape index (κ2) is 5.92. The highest BCUT2D eigenvalue weighted by Crippen LogP contribution is 2.31. The van der Waals surface area contributed by atoms with E-state index in [1.807, 2.05) is 0 Å². The largest absolute Gasteiger partial charge is 0.312 e. The van der Waals surface area contributed by atoms with Gasteiger partial charge in [-0.05, 0) is 51.0 Å². The highest BCUT2D eigenvalue weighted by Gasteiger charge is 2.32. The molecule has 2 heteroatoms. The van der Waals surface area contributed by atoms with E-state index in [1.54, 1.807) is 0 Å². The first-order valence-corrected chi connectivity index (χ1v) is 8.32. The number of nitrogens with zero attached hydrogens (tertiary/aromatic N) is 1. The minimum absolute atomic E-state index is 0.842. The van der Waals surface area contributed by atoms with Crippen molar-refractivity contribution < 1.29 is 0 Å². The minimum atomic E-state index is 0.842. The normalized spacial score (nSPS) is 38.8. The second-order valence-corrected chi connectivity index (χ2v) is 7.00. The molecule has 1 N–H and O–H groups in total. The van der Waals surface area contributed by atoms with Crippen molar-refractivity contribution in [1.82, 2.24) is 10.2 Å². The smallest absolute Gasteiger partial charge is 0.0223 e. The Morgan fingerprint density at radius 2 is 1.89 bits per heavy atom. The van der Waals surface area contributed by atoms with E-state index in [1.165, 1.54) is 70.9 Å². The lowest BCUT2D eigenvalue weighted by molar-refractivity contribution is 0.0603. The van der Waals surface area contributed by atoms with Crippen molar-refractivity contribution in [3.63, 3.8) is 0 Å². The highest BCUT2D eigenvalue weighted by atomic mass is 15.2. The molecule has 2 saturated carbocycles. The lowest BCUT2D eigenvalue weighted by Gasteiger charge is -2.44. The zero-order chi connectivity index (χ0) is 12.4. The minimum Gasteiger partial charge on any atom is -0.312 e. The van der Waals surface area contributed by atoms with Crippen LogP contribution in [-0.2, 0) is 0 Å². The van der Waals surface area contributed by atoms with Crippen LogP contribution < -0.4 is 5.32 Å². The third-order valence-electron chi connectivity index (χ3n) is 5.27. The lowest BCUT2D eigenvalue weighted by Crippen LogP contribution is -2.51. The number of hydrogen-bond donors (Lipinski definition) is 1. The summed E-state index contributed by atoms with van der Waals surface area (Å²) in [5.74, 6) is 0.961. The summed E-state index contributed by atoms with van der Waals surface area (Å²) in [5.41, 5.74) is 0. The molecule has 0 spiro atoms. The Labute approximate surface area is 113 Å². The molecule has 3 fully saturated rings. The van der Waals surface area contributed by atoms with Gasteiger partial charge in [0.2, 0.25) is 0 Å². The van der Waals surface area contributed by atoms with E-state index >= 15 is 0 Å². The van der Waals surface area contributed by atoms with Crippen LogP contribution in [0.1, 0.15) is 64.7 Å². The van der Waals surface area contributed by atoms with Crippen LogP contribution >= 0.6 is 0 Å². The molecule has 3 atom stereocenters. The fourth-order valence-electron chi connectivity index (χ4n) is 4.02. The summed E-state index contributed by atoms with van der Waals surface area (Å²) in [6.45, 7) is 5.08. The molecule has 104 valence electrons. The molecule has 1 saturated heterocycles. The van der Waals surface area contributed by atoms with Crippen molar-refractivity contribution in [3.8, 4) is 0 Å². The predicted molar refractivity (Wildman–Crippen MR) is 76.8 cm³/mol. The molecule has 1 aliphatic heterocycles. The molecule has 1 heterocycles. The molecule has 3 unspecified atom stereocenters. The Kier molecular flexibility index (Phi) is 4.25. The van der Waals surface area contributed by atoms with E-state index in [9.17, 15) is 0 Å². The van der Waals surface area contributed by atoms with Crippen LogP contribution in [0.5, 0.6) is 0 Å². The summed E-state index contributed by atoms with van der Waals surface area (Å²) in [6, 6.07) is 2.62. The van der Waals surface area contributed by atoms with E-state index in [-0.39, 0.29) is 0 Å². The summed E-state index contributed by atoms with van der Waals surface area (Å²) in [7, 11) is 0. The third kappa shape index (κ3) is 3.27. The van der Waals surface area contributed by atoms with E-state index < -0.39 is 0 Å². The molecule has 0 radical (unpaired) electrons. The molecule has 0 aromatic heterocycles. The Morgan fingerprint density at radius 3 is 2.67 bits per heavy atom. The van der Waals surface area contributed by atoms with Gasteiger partial charge in [0.1, 0.15) is 0 Å². The zero-order valence-electron chi connectivity index (χ0n) is 12.0. The van der Waals surface area contributed by atoms with Gasteiger partial charge in [-0.15, -0.1) is 0 Å². The van der Waals surface area contributed by atoms with Crippen molar-refractivity contribution in [1.29, 1.82) is 0 Å². The van der Waals surface area contributed by atoms with Crippen LogP contribution in [0.25, 0.3) is 0 Å². The highest BCUT2D eigenvalue weighted by molar-refractivity contribution is 4.89. The molecular weight excluding hydrogens is 220 g/mol. The van der Waals surface area contributed by atoms with Crippen molar-refractivity contribution in [2.75, 3.05) is 13.1 Å². The second-order valence-electron chi connectivity index (χ2n) is 7.00. The molecule has 0 aromatic rings. The summed E-state index contributed by atoms with van der Waals surface area (Å²) in [5, 5.41) is 3.76. The zero-order valence-corrected chi connectivity index (χ0v) is 12.0. The van der Waals surface area contributed by atoms with E-state index in [0.29, 0.717) is 0 Å². The van der Waals surface area contributed by atoms with Crippen LogP contribution in [0.3, 0.4) is 0 Å². The van der Waals surface area contributed by atoms with Gasteiger partial charge in [0, 0.05) is 24.7 Å². The van der Waals surface area contributed by atoms with Crippen molar-refractivity contribution in [2.45, 2.75) is 82.8 Å². The quantitative estimate of drug-likeness (QED) is 0.824. The summed E-state index contributed by atoms with van der Waals surface area (Å²) >= 11 is 0. The first kappa shape index (κ1) is 12.9. The van der Waals surface area contributed by atoms with Gasteiger partial charge in [0.25, 0.3) is 0 Å². The van der Waals surface area contributed by atoms with Gasteiger partial charge < -0.3 is 5.32 Å². The summed E-state index contributed by atoms with van der Waals surface area (Å²) in [6.07, 6.45) is 13.0. The maximum atomic E-state index is 3.76. The van der Waals surface area contributed by atoms with E-state index in [4.69, 9.17) is 0 Å². The van der Waals surface area contributed by atoms with Crippen LogP contribution in [-0.4, -0.2) is 36.1 Å². The molecule has 18 heavy (non-hydrogen) atoms. The standard InChI is InChI=1S/C16H30N2/c1-13-5-4-7-15(11-13)18-10-3-2-6-16(18)12-17-14-8-9-14/h13-17H,2-12H2,1H3. The lowest BCUT2D eigenvalue weighted by atomic mass is 9.84. The van der Waals surface area contributed by atoms with Gasteiger partial charge in [0.05, 0.1) is 0 Å². The van der Waals surface area contributed by atoms with Gasteiger partial charge in [-0.1, -0.05) is 26.2 Å². The number of rotatable bonds is 4. The van der Waals surface area contributed by atoms with Gasteiger partial charge in [-0.25, -0.2) is 0 Å². The molecule has 2 aliphatic carbocycles. The topological polar surface area (TPSA) is 15.3 Å². The number of piperidine rings is 1. The number of nitrogens with one attached hydrogen (secondary N) is 1. The maximum absolute atomic E-state index is 3.76. The molecule has 3 aliphatic rings. The van der Waals surface area contributed by atoms with Crippen molar-refractivity contribution >= 4 is 0 Å². The van der Waals surface area contributed by atoms with Crippen LogP contribution in [0, 0.1) is 5.92 Å². The van der Waals surface area contributed by atoms with Gasteiger partial charge in [0.15, 0.2) is 0 Å². The summed E-state index contributed by atoms with van der Waals surface area (Å²) < 4.78 is 0. The van der Waals surface area contributed by atoms with E-state index in [0.717, 1.165) is 24.0 Å². The van der Waals surface area contributed by atoms with Crippen LogP contribution in [0.2, 0.25) is 0 Å². The van der Waals surface area contributed by atoms with Crippen LogP contribution in [0.15, 0.2) is 0 Å². The molecule has 2 nitrogen and oxygen atoms in total. The number of likely N-dealkylation sites (tertiary alicyclic amines) is 1. The monoisotopic (exact) mass is 250 g/mol. The fourth-order valence-corrected chi connectivity index (χ4v) is 4.02. The number of hydrogen-bond acceptors (Lipinski definition) is 2. The average molecular weight is 250 g/mol. The maximum Gasteiger partial charge on any atom is 0.0223 e. The predicted octanol–water partition coefficient (Wildman–Crippen LogP) is 3.17. The van der Waals surface area contributed by atoms with Gasteiger partial charge in [-0.3, -0.25) is 4.90 Å². The SMILES string of the molecule is CC1CCCC(N2CCCCC2CNC2CC2)C1. The van der Waals surface area contributed by atoms with Crippen LogP contribution in [0.4, 0.5) is 0 Å². The van der Waals surface area contributed by atoms with E-state index in [2.05, 4.69) is 17.1 Å². The first-order chi connectivity index (χ1) is 8.83. The van der Waals surface area contributed by atoms with Gasteiger partial charge >= 0.3 is 0 Å². The Bertz CT molecular complexity index is 262. The fraction of sp³-hybridized carbons (Fsp3) is 1.00.